The van der Waals surface area contributed by atoms with Crippen molar-refractivity contribution in [3.05, 3.63) is 30.0 Å². The number of amides is 1. The molecule has 5 heteroatoms. The van der Waals surface area contributed by atoms with Gasteiger partial charge in [-0.1, -0.05) is 6.07 Å². The zero-order chi connectivity index (χ0) is 14.8. The number of hydrogen-bond acceptors (Lipinski definition) is 3. The number of fused-ring (bicyclic) bond motifs is 1. The molecule has 0 unspecified atom stereocenters. The molecule has 2 aromatic rings. The van der Waals surface area contributed by atoms with Gasteiger partial charge in [-0.25, -0.2) is 4.79 Å². The Hall–Kier alpha value is -2.01. The summed E-state index contributed by atoms with van der Waals surface area (Å²) in [5.41, 5.74) is 2.20. The molecule has 0 aliphatic carbocycles. The Balaban J connectivity index is 1.86. The number of likely N-dealkylation sites (tertiary alicyclic amines) is 1. The van der Waals surface area contributed by atoms with Crippen LogP contribution in [-0.2, 0) is 6.42 Å². The fourth-order valence-electron chi connectivity index (χ4n) is 2.50. The van der Waals surface area contributed by atoms with Crippen molar-refractivity contribution in [2.24, 2.45) is 0 Å². The van der Waals surface area contributed by atoms with Crippen molar-refractivity contribution in [3.8, 4) is 5.75 Å². The lowest BCUT2D eigenvalue weighted by atomic mass is 10.1. The van der Waals surface area contributed by atoms with E-state index in [2.05, 4.69) is 24.0 Å². The predicted octanol–water partition coefficient (Wildman–Crippen LogP) is 2.48. The molecule has 0 bridgehead atoms. The zero-order valence-corrected chi connectivity index (χ0v) is 12.6. The number of rotatable bonds is 4. The lowest BCUT2D eigenvalue weighted by Gasteiger charge is -2.29. The first-order valence-electron chi connectivity index (χ1n) is 7.35. The SMILES string of the molecule is CN(C)CCc1c[nH]c2cccc(OC(=O)N3CCC3)c12. The molecule has 2 heterocycles. The van der Waals surface area contributed by atoms with Crippen molar-refractivity contribution < 1.29 is 9.53 Å². The molecule has 1 amide bonds. The van der Waals surface area contributed by atoms with Gasteiger partial charge in [-0.05, 0) is 44.6 Å². The van der Waals surface area contributed by atoms with Gasteiger partial charge in [-0.15, -0.1) is 0 Å². The van der Waals surface area contributed by atoms with E-state index in [1.54, 1.807) is 4.90 Å². The van der Waals surface area contributed by atoms with Gasteiger partial charge in [-0.2, -0.15) is 0 Å². The summed E-state index contributed by atoms with van der Waals surface area (Å²) in [5, 5.41) is 1.02. The Morgan fingerprint density at radius 2 is 2.19 bits per heavy atom. The monoisotopic (exact) mass is 287 g/mol. The molecule has 1 aromatic heterocycles. The molecule has 3 rings (SSSR count). The van der Waals surface area contributed by atoms with Gasteiger partial charge in [0.2, 0.25) is 0 Å². The number of likely N-dealkylation sites (N-methyl/N-ethyl adjacent to an activating group) is 1. The molecule has 0 atom stereocenters. The molecular formula is C16H21N3O2. The van der Waals surface area contributed by atoms with Crippen molar-refractivity contribution in [1.82, 2.24) is 14.8 Å². The Morgan fingerprint density at radius 1 is 1.38 bits per heavy atom. The number of aromatic nitrogens is 1. The minimum atomic E-state index is -0.242. The molecule has 0 spiro atoms. The van der Waals surface area contributed by atoms with Gasteiger partial charge in [0.1, 0.15) is 5.75 Å². The van der Waals surface area contributed by atoms with Crippen molar-refractivity contribution in [2.45, 2.75) is 12.8 Å². The third-order valence-electron chi connectivity index (χ3n) is 3.89. The van der Waals surface area contributed by atoms with Crippen LogP contribution < -0.4 is 4.74 Å². The topological polar surface area (TPSA) is 48.6 Å². The highest BCUT2D eigenvalue weighted by atomic mass is 16.6. The van der Waals surface area contributed by atoms with Gasteiger partial charge >= 0.3 is 6.09 Å². The van der Waals surface area contributed by atoms with Gasteiger partial charge in [0, 0.05) is 36.7 Å². The lowest BCUT2D eigenvalue weighted by Crippen LogP contribution is -2.43. The Kier molecular flexibility index (Phi) is 3.84. The van der Waals surface area contributed by atoms with Crippen LogP contribution in [0.5, 0.6) is 5.75 Å². The van der Waals surface area contributed by atoms with Crippen LogP contribution in [0.2, 0.25) is 0 Å². The average molecular weight is 287 g/mol. The molecule has 1 saturated heterocycles. The first-order valence-corrected chi connectivity index (χ1v) is 7.35. The molecule has 1 aromatic carbocycles. The van der Waals surface area contributed by atoms with E-state index in [0.717, 1.165) is 43.4 Å². The summed E-state index contributed by atoms with van der Waals surface area (Å²) >= 11 is 0. The molecule has 0 radical (unpaired) electrons. The number of ether oxygens (including phenoxy) is 1. The molecule has 0 saturated carbocycles. The van der Waals surface area contributed by atoms with Crippen LogP contribution in [0.15, 0.2) is 24.4 Å². The number of nitrogens with zero attached hydrogens (tertiary/aromatic N) is 2. The second kappa shape index (κ2) is 5.77. The predicted molar refractivity (Wildman–Crippen MR) is 82.8 cm³/mol. The number of nitrogens with one attached hydrogen (secondary N) is 1. The van der Waals surface area contributed by atoms with Crippen molar-refractivity contribution in [1.29, 1.82) is 0 Å². The van der Waals surface area contributed by atoms with E-state index in [1.807, 2.05) is 24.4 Å². The Labute approximate surface area is 124 Å². The van der Waals surface area contributed by atoms with Gasteiger partial charge in [0.25, 0.3) is 0 Å². The van der Waals surface area contributed by atoms with Crippen LogP contribution >= 0.6 is 0 Å². The van der Waals surface area contributed by atoms with Gasteiger partial charge in [0.05, 0.1) is 0 Å². The fraction of sp³-hybridized carbons (Fsp3) is 0.438. The first kappa shape index (κ1) is 13.9. The van der Waals surface area contributed by atoms with Crippen LogP contribution in [0.1, 0.15) is 12.0 Å². The summed E-state index contributed by atoms with van der Waals surface area (Å²) in [4.78, 5) is 19.2. The van der Waals surface area contributed by atoms with Crippen molar-refractivity contribution >= 4 is 17.0 Å². The molecule has 21 heavy (non-hydrogen) atoms. The van der Waals surface area contributed by atoms with E-state index in [9.17, 15) is 4.79 Å². The minimum absolute atomic E-state index is 0.242. The first-order chi connectivity index (χ1) is 10.1. The number of benzene rings is 1. The molecule has 112 valence electrons. The Morgan fingerprint density at radius 3 is 2.86 bits per heavy atom. The number of aromatic amines is 1. The highest BCUT2D eigenvalue weighted by Crippen LogP contribution is 2.30. The van der Waals surface area contributed by atoms with E-state index in [1.165, 1.54) is 5.56 Å². The quantitative estimate of drug-likeness (QED) is 0.940. The zero-order valence-electron chi connectivity index (χ0n) is 12.6. The van der Waals surface area contributed by atoms with Gasteiger partial charge in [0.15, 0.2) is 0 Å². The summed E-state index contributed by atoms with van der Waals surface area (Å²) < 4.78 is 5.59. The summed E-state index contributed by atoms with van der Waals surface area (Å²) in [6, 6.07) is 5.79. The Bertz CT molecular complexity index is 644. The molecule has 5 nitrogen and oxygen atoms in total. The maximum atomic E-state index is 12.0. The molecular weight excluding hydrogens is 266 g/mol. The summed E-state index contributed by atoms with van der Waals surface area (Å²) in [6.07, 6.45) is 3.76. The molecule has 1 N–H and O–H groups in total. The van der Waals surface area contributed by atoms with Crippen molar-refractivity contribution in [3.63, 3.8) is 0 Å². The van der Waals surface area contributed by atoms with Crippen molar-refractivity contribution in [2.75, 3.05) is 33.7 Å². The minimum Gasteiger partial charge on any atom is -0.409 e. The molecule has 1 aliphatic heterocycles. The van der Waals surface area contributed by atoms with E-state index in [0.29, 0.717) is 5.75 Å². The van der Waals surface area contributed by atoms with Crippen LogP contribution in [0.4, 0.5) is 4.79 Å². The normalized spacial score (nSPS) is 14.5. The average Bonchev–Trinajstić information content (AvgIpc) is 2.78. The van der Waals surface area contributed by atoms with Crippen LogP contribution in [-0.4, -0.2) is 54.6 Å². The summed E-state index contributed by atoms with van der Waals surface area (Å²) in [6.45, 7) is 2.56. The maximum Gasteiger partial charge on any atom is 0.415 e. The number of carbonyl (C=O) groups is 1. The van der Waals surface area contributed by atoms with Crippen LogP contribution in [0, 0.1) is 0 Å². The van der Waals surface area contributed by atoms with E-state index >= 15 is 0 Å². The standard InChI is InChI=1S/C16H21N3O2/c1-18(2)10-7-12-11-17-13-5-3-6-14(15(12)13)21-16(20)19-8-4-9-19/h3,5-6,11,17H,4,7-10H2,1-2H3. The summed E-state index contributed by atoms with van der Waals surface area (Å²) in [7, 11) is 4.11. The number of carbonyl (C=O) groups excluding carboxylic acids is 1. The smallest absolute Gasteiger partial charge is 0.409 e. The van der Waals surface area contributed by atoms with Gasteiger partial charge < -0.3 is 19.5 Å². The largest absolute Gasteiger partial charge is 0.415 e. The third kappa shape index (κ3) is 2.88. The van der Waals surface area contributed by atoms with E-state index in [4.69, 9.17) is 4.74 Å². The molecule has 1 aliphatic rings. The fourth-order valence-corrected chi connectivity index (χ4v) is 2.50. The number of hydrogen-bond donors (Lipinski definition) is 1. The number of H-pyrrole nitrogens is 1. The van der Waals surface area contributed by atoms with Crippen LogP contribution in [0.25, 0.3) is 10.9 Å². The lowest BCUT2D eigenvalue weighted by molar-refractivity contribution is 0.125. The van der Waals surface area contributed by atoms with E-state index in [-0.39, 0.29) is 6.09 Å². The second-order valence-electron chi connectivity index (χ2n) is 5.75. The third-order valence-corrected chi connectivity index (χ3v) is 3.89. The highest BCUT2D eigenvalue weighted by Gasteiger charge is 2.23. The van der Waals surface area contributed by atoms with Crippen LogP contribution in [0.3, 0.4) is 0 Å². The van der Waals surface area contributed by atoms with Gasteiger partial charge in [-0.3, -0.25) is 0 Å². The highest BCUT2D eigenvalue weighted by molar-refractivity contribution is 5.91. The maximum absolute atomic E-state index is 12.0. The van der Waals surface area contributed by atoms with E-state index < -0.39 is 0 Å². The summed E-state index contributed by atoms with van der Waals surface area (Å²) in [5.74, 6) is 0.652. The molecule has 1 fully saturated rings. The second-order valence-corrected chi connectivity index (χ2v) is 5.75.